The van der Waals surface area contributed by atoms with Crippen molar-refractivity contribution in [2.45, 2.75) is 0 Å². The molecular formula is C10H8Cl2N2O2. The van der Waals surface area contributed by atoms with Gasteiger partial charge >= 0.3 is 0 Å². The van der Waals surface area contributed by atoms with Crippen molar-refractivity contribution in [3.8, 4) is 0 Å². The lowest BCUT2D eigenvalue weighted by molar-refractivity contribution is -0.127. The summed E-state index contributed by atoms with van der Waals surface area (Å²) in [5, 5.41) is 3.45. The standard InChI is InChI=1S/C10H8Cl2N2O2/c11-6-1-2-8(7(12)3-6)14-9(15)4-13-5-10(14)16/h1-3,13H,4-5H2. The molecule has 0 saturated carbocycles. The fraction of sp³-hybridized carbons (Fsp3) is 0.200. The van der Waals surface area contributed by atoms with E-state index in [-0.39, 0.29) is 29.9 Å². The summed E-state index contributed by atoms with van der Waals surface area (Å²) in [5.41, 5.74) is 0.377. The van der Waals surface area contributed by atoms with E-state index in [9.17, 15) is 9.59 Å². The van der Waals surface area contributed by atoms with Gasteiger partial charge in [-0.25, -0.2) is 4.90 Å². The summed E-state index contributed by atoms with van der Waals surface area (Å²) < 4.78 is 0. The Labute approximate surface area is 102 Å². The van der Waals surface area contributed by atoms with Crippen LogP contribution in [0.3, 0.4) is 0 Å². The number of piperazine rings is 1. The number of anilines is 1. The van der Waals surface area contributed by atoms with Crippen LogP contribution in [0.25, 0.3) is 0 Å². The van der Waals surface area contributed by atoms with E-state index < -0.39 is 0 Å². The van der Waals surface area contributed by atoms with Crippen molar-refractivity contribution < 1.29 is 9.59 Å². The van der Waals surface area contributed by atoms with E-state index in [2.05, 4.69) is 5.32 Å². The molecule has 1 N–H and O–H groups in total. The molecule has 1 aromatic rings. The van der Waals surface area contributed by atoms with Crippen LogP contribution in [0.4, 0.5) is 5.69 Å². The highest BCUT2D eigenvalue weighted by Crippen LogP contribution is 2.29. The largest absolute Gasteiger partial charge is 0.300 e. The Kier molecular flexibility index (Phi) is 3.14. The van der Waals surface area contributed by atoms with Crippen LogP contribution < -0.4 is 10.2 Å². The number of nitrogens with one attached hydrogen (secondary N) is 1. The van der Waals surface area contributed by atoms with E-state index in [1.807, 2.05) is 0 Å². The van der Waals surface area contributed by atoms with Crippen LogP contribution in [-0.2, 0) is 9.59 Å². The van der Waals surface area contributed by atoms with Gasteiger partial charge in [0.2, 0.25) is 11.8 Å². The van der Waals surface area contributed by atoms with Gasteiger partial charge in [0.15, 0.2) is 0 Å². The first-order valence-corrected chi connectivity index (χ1v) is 5.37. The zero-order valence-corrected chi connectivity index (χ0v) is 9.68. The molecule has 1 fully saturated rings. The summed E-state index contributed by atoms with van der Waals surface area (Å²) in [6.45, 7) is 0.259. The SMILES string of the molecule is O=C1CNCC(=O)N1c1ccc(Cl)cc1Cl. The monoisotopic (exact) mass is 258 g/mol. The quantitative estimate of drug-likeness (QED) is 0.776. The maximum Gasteiger partial charge on any atom is 0.247 e. The first-order valence-electron chi connectivity index (χ1n) is 4.61. The van der Waals surface area contributed by atoms with Crippen molar-refractivity contribution in [1.29, 1.82) is 0 Å². The molecule has 0 spiro atoms. The number of halogens is 2. The summed E-state index contributed by atoms with van der Waals surface area (Å²) in [4.78, 5) is 24.3. The number of imide groups is 1. The molecule has 16 heavy (non-hydrogen) atoms. The summed E-state index contributed by atoms with van der Waals surface area (Å²) in [6, 6.07) is 4.65. The number of nitrogens with zero attached hydrogens (tertiary/aromatic N) is 1. The third kappa shape index (κ3) is 2.04. The van der Waals surface area contributed by atoms with Crippen molar-refractivity contribution in [3.63, 3.8) is 0 Å². The Morgan fingerprint density at radius 3 is 2.31 bits per heavy atom. The zero-order valence-electron chi connectivity index (χ0n) is 8.17. The number of carbonyl (C=O) groups is 2. The van der Waals surface area contributed by atoms with E-state index in [0.717, 1.165) is 4.90 Å². The molecule has 1 saturated heterocycles. The molecule has 0 atom stereocenters. The molecule has 0 aromatic heterocycles. The maximum atomic E-state index is 11.6. The van der Waals surface area contributed by atoms with Crippen LogP contribution in [0.15, 0.2) is 18.2 Å². The Hall–Kier alpha value is -1.10. The molecule has 0 radical (unpaired) electrons. The molecule has 2 rings (SSSR count). The second-order valence-electron chi connectivity index (χ2n) is 3.32. The predicted molar refractivity (Wildman–Crippen MR) is 61.8 cm³/mol. The third-order valence-corrected chi connectivity index (χ3v) is 2.74. The van der Waals surface area contributed by atoms with E-state index in [4.69, 9.17) is 23.2 Å². The molecule has 0 bridgehead atoms. The van der Waals surface area contributed by atoms with Gasteiger partial charge in [-0.15, -0.1) is 0 Å². The van der Waals surface area contributed by atoms with Crippen LogP contribution in [0.2, 0.25) is 10.0 Å². The lowest BCUT2D eigenvalue weighted by Crippen LogP contribution is -2.52. The van der Waals surface area contributed by atoms with Crippen molar-refractivity contribution in [2.75, 3.05) is 18.0 Å². The van der Waals surface area contributed by atoms with Crippen molar-refractivity contribution >= 4 is 40.7 Å². The van der Waals surface area contributed by atoms with Gasteiger partial charge < -0.3 is 0 Å². The second kappa shape index (κ2) is 4.41. The third-order valence-electron chi connectivity index (χ3n) is 2.20. The van der Waals surface area contributed by atoms with E-state index >= 15 is 0 Å². The summed E-state index contributed by atoms with van der Waals surface area (Å²) in [6.07, 6.45) is 0. The first-order chi connectivity index (χ1) is 7.59. The highest BCUT2D eigenvalue weighted by Gasteiger charge is 2.28. The molecule has 0 unspecified atom stereocenters. The summed E-state index contributed by atoms with van der Waals surface area (Å²) >= 11 is 11.7. The second-order valence-corrected chi connectivity index (χ2v) is 4.17. The average Bonchev–Trinajstić information content (AvgIpc) is 2.20. The minimum absolute atomic E-state index is 0.130. The van der Waals surface area contributed by atoms with Gasteiger partial charge in [0.1, 0.15) is 0 Å². The number of amides is 2. The van der Waals surface area contributed by atoms with Gasteiger partial charge in [0.25, 0.3) is 0 Å². The van der Waals surface area contributed by atoms with Gasteiger partial charge in [0.05, 0.1) is 23.8 Å². The molecule has 6 heteroatoms. The van der Waals surface area contributed by atoms with Crippen molar-refractivity contribution in [3.05, 3.63) is 28.2 Å². The minimum Gasteiger partial charge on any atom is -0.300 e. The Bertz CT molecular complexity index is 446. The summed E-state index contributed by atoms with van der Waals surface area (Å²) in [7, 11) is 0. The lowest BCUT2D eigenvalue weighted by Gasteiger charge is -2.26. The average molecular weight is 259 g/mol. The molecule has 0 aliphatic carbocycles. The maximum absolute atomic E-state index is 11.6. The zero-order chi connectivity index (χ0) is 11.7. The number of hydrogen-bond acceptors (Lipinski definition) is 3. The summed E-state index contributed by atoms with van der Waals surface area (Å²) in [5.74, 6) is -0.638. The van der Waals surface area contributed by atoms with E-state index in [0.29, 0.717) is 10.7 Å². The molecule has 1 heterocycles. The van der Waals surface area contributed by atoms with Crippen molar-refractivity contribution in [2.24, 2.45) is 0 Å². The molecule has 4 nitrogen and oxygen atoms in total. The van der Waals surface area contributed by atoms with Crippen LogP contribution in [0.5, 0.6) is 0 Å². The minimum atomic E-state index is -0.319. The number of rotatable bonds is 1. The molecule has 2 amide bonds. The topological polar surface area (TPSA) is 49.4 Å². The van der Waals surface area contributed by atoms with Gasteiger partial charge in [-0.1, -0.05) is 23.2 Å². The Balaban J connectivity index is 2.42. The molecule has 1 aromatic carbocycles. The smallest absolute Gasteiger partial charge is 0.247 e. The van der Waals surface area contributed by atoms with E-state index in [1.165, 1.54) is 6.07 Å². The van der Waals surface area contributed by atoms with E-state index in [1.54, 1.807) is 12.1 Å². The van der Waals surface area contributed by atoms with Crippen LogP contribution in [0, 0.1) is 0 Å². The van der Waals surface area contributed by atoms with Gasteiger partial charge in [-0.05, 0) is 18.2 Å². The highest BCUT2D eigenvalue weighted by molar-refractivity contribution is 6.37. The van der Waals surface area contributed by atoms with Crippen molar-refractivity contribution in [1.82, 2.24) is 5.32 Å². The van der Waals surface area contributed by atoms with Gasteiger partial charge in [-0.3, -0.25) is 14.9 Å². The van der Waals surface area contributed by atoms with Crippen LogP contribution in [0.1, 0.15) is 0 Å². The highest BCUT2D eigenvalue weighted by atomic mass is 35.5. The number of carbonyl (C=O) groups excluding carboxylic acids is 2. The Morgan fingerprint density at radius 1 is 1.12 bits per heavy atom. The first kappa shape index (κ1) is 11.4. The Morgan fingerprint density at radius 2 is 1.75 bits per heavy atom. The predicted octanol–water partition coefficient (Wildman–Crippen LogP) is 1.46. The number of hydrogen-bond donors (Lipinski definition) is 1. The van der Waals surface area contributed by atoms with Gasteiger partial charge in [-0.2, -0.15) is 0 Å². The fourth-order valence-corrected chi connectivity index (χ4v) is 2.00. The molecule has 1 aliphatic heterocycles. The number of benzene rings is 1. The fourth-order valence-electron chi connectivity index (χ4n) is 1.50. The van der Waals surface area contributed by atoms with Gasteiger partial charge in [0, 0.05) is 5.02 Å². The molecule has 1 aliphatic rings. The normalized spacial score (nSPS) is 16.8. The molecular weight excluding hydrogens is 251 g/mol. The lowest BCUT2D eigenvalue weighted by atomic mass is 10.2. The van der Waals surface area contributed by atoms with Crippen LogP contribution in [-0.4, -0.2) is 24.9 Å². The molecule has 84 valence electrons. The van der Waals surface area contributed by atoms with Crippen LogP contribution >= 0.6 is 23.2 Å².